The Kier molecular flexibility index (Phi) is 6.31. The molecule has 32 heavy (non-hydrogen) atoms. The molecule has 1 aliphatic rings. The fourth-order valence-electron chi connectivity index (χ4n) is 3.05. The minimum Gasteiger partial charge on any atom is -0.486 e. The van der Waals surface area contributed by atoms with Crippen LogP contribution >= 0.6 is 0 Å². The number of pyridine rings is 1. The van der Waals surface area contributed by atoms with E-state index in [0.717, 1.165) is 4.31 Å². The first-order chi connectivity index (χ1) is 15.6. The molecule has 1 N–H and O–H groups in total. The number of hydrogen-bond acceptors (Lipinski definition) is 7. The molecule has 0 radical (unpaired) electrons. The Bertz CT molecular complexity index is 1220. The molecule has 9 nitrogen and oxygen atoms in total. The number of carbonyl (C=O) groups excluding carboxylic acids is 1. The summed E-state index contributed by atoms with van der Waals surface area (Å²) < 4.78 is 38.4. The Hall–Kier alpha value is -3.92. The molecule has 3 aromatic rings. The molecular weight excluding hydrogens is 432 g/mol. The van der Waals surface area contributed by atoms with Gasteiger partial charge in [-0.05, 0) is 36.4 Å². The molecule has 0 aliphatic carbocycles. The van der Waals surface area contributed by atoms with Crippen LogP contribution in [0.4, 0.5) is 5.82 Å². The number of hydrogen-bond donors (Lipinski definition) is 1. The quantitative estimate of drug-likeness (QED) is 0.435. The van der Waals surface area contributed by atoms with E-state index in [9.17, 15) is 13.2 Å². The smallest absolute Gasteiger partial charge is 0.265 e. The van der Waals surface area contributed by atoms with Crippen molar-refractivity contribution in [2.75, 3.05) is 24.1 Å². The molecule has 0 bridgehead atoms. The summed E-state index contributed by atoms with van der Waals surface area (Å²) in [6.45, 7) is 0.377. The maximum atomic E-state index is 13.2. The van der Waals surface area contributed by atoms with Gasteiger partial charge in [0.15, 0.2) is 11.5 Å². The third kappa shape index (κ3) is 4.70. The number of para-hydroxylation sites is 1. The number of carbonyl (C=O) groups is 1. The summed E-state index contributed by atoms with van der Waals surface area (Å²) in [7, 11) is -4.02. The van der Waals surface area contributed by atoms with Gasteiger partial charge in [-0.25, -0.2) is 23.1 Å². The van der Waals surface area contributed by atoms with Crippen LogP contribution in [0.2, 0.25) is 0 Å². The third-order valence-corrected chi connectivity index (χ3v) is 6.28. The van der Waals surface area contributed by atoms with E-state index >= 15 is 0 Å². The lowest BCUT2D eigenvalue weighted by molar-refractivity contribution is -0.119. The normalized spacial score (nSPS) is 13.0. The van der Waals surface area contributed by atoms with Crippen molar-refractivity contribution in [2.45, 2.75) is 4.90 Å². The number of aromatic nitrogens is 1. The molecule has 164 valence electrons. The average Bonchev–Trinajstić information content (AvgIpc) is 2.84. The Balaban J connectivity index is 1.52. The first kappa shape index (κ1) is 21.3. The van der Waals surface area contributed by atoms with Gasteiger partial charge in [-0.2, -0.15) is 5.10 Å². The molecule has 0 unspecified atom stereocenters. The van der Waals surface area contributed by atoms with Crippen LogP contribution in [0.15, 0.2) is 82.9 Å². The van der Waals surface area contributed by atoms with Crippen LogP contribution in [-0.2, 0) is 14.8 Å². The number of benzene rings is 2. The number of nitrogens with one attached hydrogen (secondary N) is 1. The fourth-order valence-corrected chi connectivity index (χ4v) is 4.44. The fraction of sp³-hybridized carbons (Fsp3) is 0.136. The number of fused-ring (bicyclic) bond motifs is 1. The molecule has 1 amide bonds. The van der Waals surface area contributed by atoms with E-state index < -0.39 is 22.5 Å². The number of ether oxygens (including phenoxy) is 2. The van der Waals surface area contributed by atoms with Gasteiger partial charge < -0.3 is 9.47 Å². The van der Waals surface area contributed by atoms with Crippen molar-refractivity contribution >= 4 is 28.0 Å². The van der Waals surface area contributed by atoms with Crippen LogP contribution in [0.1, 0.15) is 5.56 Å². The Morgan fingerprint density at radius 2 is 1.81 bits per heavy atom. The monoisotopic (exact) mass is 452 g/mol. The summed E-state index contributed by atoms with van der Waals surface area (Å²) >= 11 is 0. The second-order valence-corrected chi connectivity index (χ2v) is 8.54. The number of nitrogens with zero attached hydrogens (tertiary/aromatic N) is 3. The molecule has 0 atom stereocenters. The van der Waals surface area contributed by atoms with Crippen molar-refractivity contribution < 1.29 is 22.7 Å². The van der Waals surface area contributed by atoms with Gasteiger partial charge in [0.2, 0.25) is 0 Å². The maximum Gasteiger partial charge on any atom is 0.265 e. The van der Waals surface area contributed by atoms with E-state index in [4.69, 9.17) is 9.47 Å². The van der Waals surface area contributed by atoms with Crippen LogP contribution < -0.4 is 19.2 Å². The second kappa shape index (κ2) is 9.48. The molecule has 0 saturated carbocycles. The highest BCUT2D eigenvalue weighted by atomic mass is 32.2. The zero-order chi connectivity index (χ0) is 22.4. The number of hydrazone groups is 1. The van der Waals surface area contributed by atoms with Crippen LogP contribution in [0.3, 0.4) is 0 Å². The largest absolute Gasteiger partial charge is 0.486 e. The summed E-state index contributed by atoms with van der Waals surface area (Å²) in [6.07, 6.45) is 2.88. The topological polar surface area (TPSA) is 110 Å². The zero-order valence-corrected chi connectivity index (χ0v) is 17.7. The molecule has 1 aromatic heterocycles. The van der Waals surface area contributed by atoms with Crippen LogP contribution in [-0.4, -0.2) is 45.3 Å². The van der Waals surface area contributed by atoms with Gasteiger partial charge in [0, 0.05) is 11.8 Å². The van der Waals surface area contributed by atoms with E-state index in [0.29, 0.717) is 30.3 Å². The molecule has 1 aliphatic heterocycles. The summed E-state index contributed by atoms with van der Waals surface area (Å²) in [5, 5.41) is 3.95. The number of amides is 1. The van der Waals surface area contributed by atoms with Gasteiger partial charge >= 0.3 is 0 Å². The number of rotatable bonds is 7. The van der Waals surface area contributed by atoms with Gasteiger partial charge in [0.05, 0.1) is 11.1 Å². The van der Waals surface area contributed by atoms with Crippen molar-refractivity contribution in [2.24, 2.45) is 5.10 Å². The van der Waals surface area contributed by atoms with Gasteiger partial charge in [-0.1, -0.05) is 30.3 Å². The van der Waals surface area contributed by atoms with Gasteiger partial charge in [-0.3, -0.25) is 4.79 Å². The van der Waals surface area contributed by atoms with Gasteiger partial charge in [-0.15, -0.1) is 0 Å². The summed E-state index contributed by atoms with van der Waals surface area (Å²) in [5.74, 6) is 0.631. The first-order valence-corrected chi connectivity index (χ1v) is 11.2. The van der Waals surface area contributed by atoms with Crippen molar-refractivity contribution in [1.82, 2.24) is 10.4 Å². The molecule has 10 heteroatoms. The molecule has 0 spiro atoms. The van der Waals surface area contributed by atoms with Gasteiger partial charge in [0.25, 0.3) is 15.9 Å². The maximum absolute atomic E-state index is 13.2. The van der Waals surface area contributed by atoms with Crippen LogP contribution in [0.25, 0.3) is 0 Å². The SMILES string of the molecule is O=C(CN(c1ccccn1)S(=O)(=O)c1ccccc1)NN=Cc1cccc2c1OCCO2. The predicted molar refractivity (Wildman–Crippen MR) is 118 cm³/mol. The van der Waals surface area contributed by atoms with E-state index in [1.165, 1.54) is 30.6 Å². The van der Waals surface area contributed by atoms with E-state index in [1.807, 2.05) is 0 Å². The summed E-state index contributed by atoms with van der Waals surface area (Å²) in [6, 6.07) is 18.0. The molecule has 2 aromatic carbocycles. The van der Waals surface area contributed by atoms with E-state index in [-0.39, 0.29) is 10.7 Å². The molecule has 4 rings (SSSR count). The first-order valence-electron chi connectivity index (χ1n) is 9.75. The minimum atomic E-state index is -4.02. The minimum absolute atomic E-state index is 0.0509. The Morgan fingerprint density at radius 3 is 2.59 bits per heavy atom. The highest BCUT2D eigenvalue weighted by Crippen LogP contribution is 2.32. The second-order valence-electron chi connectivity index (χ2n) is 6.68. The highest BCUT2D eigenvalue weighted by molar-refractivity contribution is 7.92. The van der Waals surface area contributed by atoms with Crippen molar-refractivity contribution in [3.8, 4) is 11.5 Å². The lowest BCUT2D eigenvalue weighted by Crippen LogP contribution is -2.40. The Morgan fingerprint density at radius 1 is 1.03 bits per heavy atom. The predicted octanol–water partition coefficient (Wildman–Crippen LogP) is 2.20. The van der Waals surface area contributed by atoms with Gasteiger partial charge in [0.1, 0.15) is 25.6 Å². The molecular formula is C22H20N4O5S. The molecule has 2 heterocycles. The highest BCUT2D eigenvalue weighted by Gasteiger charge is 2.27. The van der Waals surface area contributed by atoms with Crippen LogP contribution in [0, 0.1) is 0 Å². The zero-order valence-electron chi connectivity index (χ0n) is 16.9. The van der Waals surface area contributed by atoms with Crippen LogP contribution in [0.5, 0.6) is 11.5 Å². The summed E-state index contributed by atoms with van der Waals surface area (Å²) in [4.78, 5) is 16.7. The van der Waals surface area contributed by atoms with Crippen molar-refractivity contribution in [3.63, 3.8) is 0 Å². The van der Waals surface area contributed by atoms with Crippen molar-refractivity contribution in [3.05, 3.63) is 78.5 Å². The number of anilines is 1. The number of sulfonamides is 1. The van der Waals surface area contributed by atoms with E-state index in [2.05, 4.69) is 15.5 Å². The third-order valence-electron chi connectivity index (χ3n) is 4.51. The summed E-state index contributed by atoms with van der Waals surface area (Å²) in [5.41, 5.74) is 2.99. The molecule has 0 saturated heterocycles. The molecule has 0 fully saturated rings. The average molecular weight is 452 g/mol. The Labute approximate surface area is 185 Å². The van der Waals surface area contributed by atoms with E-state index in [1.54, 1.807) is 48.5 Å². The lowest BCUT2D eigenvalue weighted by atomic mass is 10.2. The standard InChI is InChI=1S/C22H20N4O5S/c27-21(25-24-15-17-7-6-10-19-22(17)31-14-13-30-19)16-26(20-11-4-5-12-23-20)32(28,29)18-8-2-1-3-9-18/h1-12,15H,13-14,16H2,(H,25,27). The lowest BCUT2D eigenvalue weighted by Gasteiger charge is -2.22. The van der Waals surface area contributed by atoms with Crippen molar-refractivity contribution in [1.29, 1.82) is 0 Å².